The van der Waals surface area contributed by atoms with Crippen LogP contribution >= 0.6 is 11.6 Å². The van der Waals surface area contributed by atoms with Crippen molar-refractivity contribution < 1.29 is 23.1 Å². The molecule has 8 heteroatoms. The first kappa shape index (κ1) is 23.9. The molecule has 0 aliphatic heterocycles. The predicted octanol–water partition coefficient (Wildman–Crippen LogP) is 3.83. The Balaban J connectivity index is 1.55. The van der Waals surface area contributed by atoms with E-state index in [1.54, 1.807) is 42.5 Å². The van der Waals surface area contributed by atoms with Gasteiger partial charge in [0, 0.05) is 11.6 Å². The number of carbonyl (C=O) groups excluding carboxylic acids is 1. The predicted molar refractivity (Wildman–Crippen MR) is 123 cm³/mol. The summed E-state index contributed by atoms with van der Waals surface area (Å²) in [6, 6.07) is 19.4. The highest BCUT2D eigenvalue weighted by Crippen LogP contribution is 2.22. The van der Waals surface area contributed by atoms with Crippen molar-refractivity contribution in [2.75, 3.05) is 20.2 Å². The zero-order valence-corrected chi connectivity index (χ0v) is 19.1. The summed E-state index contributed by atoms with van der Waals surface area (Å²) in [5.41, 5.74) is 2.00. The van der Waals surface area contributed by atoms with Gasteiger partial charge in [0.2, 0.25) is 9.84 Å². The standard InChI is InChI=1S/C24H24ClNO5S/c1-31-24(28)18-7-11-22(12-8-18)32(29,30)21-9-5-17(6-10-21)13-14-26-16-23(27)19-3-2-4-20(25)15-19/h2-12,15,23,26-27H,13-14,16H2,1H3/t23-/m0/s1. The highest BCUT2D eigenvalue weighted by atomic mass is 35.5. The van der Waals surface area contributed by atoms with Gasteiger partial charge in [0.05, 0.1) is 28.6 Å². The van der Waals surface area contributed by atoms with Crippen LogP contribution in [-0.4, -0.2) is 39.7 Å². The van der Waals surface area contributed by atoms with Crippen LogP contribution in [0.2, 0.25) is 5.02 Å². The van der Waals surface area contributed by atoms with Crippen molar-refractivity contribution in [3.05, 3.63) is 94.5 Å². The van der Waals surface area contributed by atoms with Gasteiger partial charge in [-0.15, -0.1) is 0 Å². The molecule has 0 aliphatic rings. The molecule has 0 heterocycles. The monoisotopic (exact) mass is 473 g/mol. The molecule has 3 rings (SSSR count). The summed E-state index contributed by atoms with van der Waals surface area (Å²) in [7, 11) is -2.42. The molecule has 0 aliphatic carbocycles. The molecule has 3 aromatic carbocycles. The summed E-state index contributed by atoms with van der Waals surface area (Å²) >= 11 is 5.95. The summed E-state index contributed by atoms with van der Waals surface area (Å²) in [5.74, 6) is -0.521. The molecule has 3 aromatic rings. The molecule has 0 radical (unpaired) electrons. The lowest BCUT2D eigenvalue weighted by atomic mass is 10.1. The second-order valence-electron chi connectivity index (χ2n) is 7.19. The molecule has 32 heavy (non-hydrogen) atoms. The first-order chi connectivity index (χ1) is 15.3. The van der Waals surface area contributed by atoms with E-state index in [-0.39, 0.29) is 15.4 Å². The molecule has 168 valence electrons. The number of ether oxygens (including phenoxy) is 1. The zero-order chi connectivity index (χ0) is 23.1. The van der Waals surface area contributed by atoms with E-state index in [2.05, 4.69) is 10.1 Å². The molecule has 0 amide bonds. The minimum Gasteiger partial charge on any atom is -0.465 e. The Morgan fingerprint density at radius 2 is 1.66 bits per heavy atom. The molecule has 2 N–H and O–H groups in total. The van der Waals surface area contributed by atoms with Crippen molar-refractivity contribution in [2.45, 2.75) is 22.3 Å². The number of nitrogens with one attached hydrogen (secondary N) is 1. The van der Waals surface area contributed by atoms with E-state index in [1.165, 1.54) is 31.4 Å². The smallest absolute Gasteiger partial charge is 0.337 e. The van der Waals surface area contributed by atoms with Gasteiger partial charge in [-0.1, -0.05) is 35.9 Å². The molecule has 6 nitrogen and oxygen atoms in total. The van der Waals surface area contributed by atoms with Gasteiger partial charge in [0.25, 0.3) is 0 Å². The Morgan fingerprint density at radius 3 is 2.25 bits per heavy atom. The molecule has 0 saturated carbocycles. The van der Waals surface area contributed by atoms with Crippen LogP contribution in [0.5, 0.6) is 0 Å². The number of aliphatic hydroxyl groups excluding tert-OH is 1. The van der Waals surface area contributed by atoms with E-state index >= 15 is 0 Å². The number of methoxy groups -OCH3 is 1. The van der Waals surface area contributed by atoms with E-state index < -0.39 is 21.9 Å². The number of hydrogen-bond donors (Lipinski definition) is 2. The third-order valence-corrected chi connectivity index (χ3v) is 7.00. The molecule has 0 unspecified atom stereocenters. The van der Waals surface area contributed by atoms with Crippen LogP contribution in [0, 0.1) is 0 Å². The van der Waals surface area contributed by atoms with Gasteiger partial charge in [-0.3, -0.25) is 0 Å². The van der Waals surface area contributed by atoms with Crippen molar-refractivity contribution in [1.82, 2.24) is 5.32 Å². The van der Waals surface area contributed by atoms with Gasteiger partial charge in [-0.2, -0.15) is 0 Å². The average Bonchev–Trinajstić information content (AvgIpc) is 2.81. The number of halogens is 1. The topological polar surface area (TPSA) is 92.7 Å². The molecule has 1 atom stereocenters. The highest BCUT2D eigenvalue weighted by Gasteiger charge is 2.18. The second kappa shape index (κ2) is 10.7. The van der Waals surface area contributed by atoms with Crippen LogP contribution in [0.15, 0.2) is 82.6 Å². The van der Waals surface area contributed by atoms with Crippen molar-refractivity contribution >= 4 is 27.4 Å². The van der Waals surface area contributed by atoms with Crippen molar-refractivity contribution in [2.24, 2.45) is 0 Å². The Labute approximate surface area is 192 Å². The molecular formula is C24H24ClNO5S. The van der Waals surface area contributed by atoms with Gasteiger partial charge >= 0.3 is 5.97 Å². The fourth-order valence-corrected chi connectivity index (χ4v) is 4.62. The van der Waals surface area contributed by atoms with Crippen LogP contribution in [0.3, 0.4) is 0 Å². The van der Waals surface area contributed by atoms with Gasteiger partial charge in [0.1, 0.15) is 0 Å². The molecule has 0 fully saturated rings. The van der Waals surface area contributed by atoms with E-state index in [0.29, 0.717) is 24.5 Å². The van der Waals surface area contributed by atoms with E-state index in [4.69, 9.17) is 11.6 Å². The van der Waals surface area contributed by atoms with Crippen LogP contribution < -0.4 is 5.32 Å². The summed E-state index contributed by atoms with van der Waals surface area (Å²) in [6.07, 6.45) is 0.0166. The van der Waals surface area contributed by atoms with Crippen LogP contribution in [0.1, 0.15) is 27.6 Å². The fourth-order valence-electron chi connectivity index (χ4n) is 3.16. The van der Waals surface area contributed by atoms with Gasteiger partial charge in [-0.05, 0) is 72.6 Å². The lowest BCUT2D eigenvalue weighted by Crippen LogP contribution is -2.23. The number of aliphatic hydroxyl groups is 1. The van der Waals surface area contributed by atoms with Crippen molar-refractivity contribution in [3.8, 4) is 0 Å². The normalized spacial score (nSPS) is 12.3. The van der Waals surface area contributed by atoms with Crippen LogP contribution in [-0.2, 0) is 21.0 Å². The number of rotatable bonds is 9. The maximum atomic E-state index is 12.8. The summed E-state index contributed by atoms with van der Waals surface area (Å²) in [6.45, 7) is 1.01. The molecule has 0 aromatic heterocycles. The Bertz CT molecular complexity index is 1160. The minimum atomic E-state index is -3.69. The third kappa shape index (κ3) is 5.95. The largest absolute Gasteiger partial charge is 0.465 e. The first-order valence-corrected chi connectivity index (χ1v) is 11.8. The zero-order valence-electron chi connectivity index (χ0n) is 17.5. The van der Waals surface area contributed by atoms with E-state index in [1.807, 2.05) is 6.07 Å². The molecule has 0 saturated heterocycles. The second-order valence-corrected chi connectivity index (χ2v) is 9.57. The molecular weight excluding hydrogens is 450 g/mol. The number of esters is 1. The van der Waals surface area contributed by atoms with Gasteiger partial charge < -0.3 is 15.2 Å². The summed E-state index contributed by atoms with van der Waals surface area (Å²) < 4.78 is 30.3. The maximum absolute atomic E-state index is 12.8. The quantitative estimate of drug-likeness (QED) is 0.362. The van der Waals surface area contributed by atoms with Crippen LogP contribution in [0.25, 0.3) is 0 Å². The van der Waals surface area contributed by atoms with Crippen molar-refractivity contribution in [1.29, 1.82) is 0 Å². The first-order valence-electron chi connectivity index (χ1n) is 9.98. The Morgan fingerprint density at radius 1 is 1.03 bits per heavy atom. The van der Waals surface area contributed by atoms with E-state index in [0.717, 1.165) is 11.1 Å². The third-order valence-electron chi connectivity index (χ3n) is 4.98. The SMILES string of the molecule is COC(=O)c1ccc(S(=O)(=O)c2ccc(CCNC[C@H](O)c3cccc(Cl)c3)cc2)cc1. The minimum absolute atomic E-state index is 0.106. The number of carbonyl (C=O) groups is 1. The van der Waals surface area contributed by atoms with Gasteiger partial charge in [-0.25, -0.2) is 13.2 Å². The Kier molecular flexibility index (Phi) is 8.04. The Hall–Kier alpha value is -2.71. The van der Waals surface area contributed by atoms with E-state index in [9.17, 15) is 18.3 Å². The number of benzene rings is 3. The van der Waals surface area contributed by atoms with Gasteiger partial charge in [0.15, 0.2) is 0 Å². The maximum Gasteiger partial charge on any atom is 0.337 e. The van der Waals surface area contributed by atoms with Crippen molar-refractivity contribution in [3.63, 3.8) is 0 Å². The summed E-state index contributed by atoms with van der Waals surface area (Å²) in [4.78, 5) is 11.8. The lowest BCUT2D eigenvalue weighted by molar-refractivity contribution is 0.0600. The molecule has 0 bridgehead atoms. The number of sulfone groups is 1. The fraction of sp³-hybridized carbons (Fsp3) is 0.208. The average molecular weight is 474 g/mol. The summed E-state index contributed by atoms with van der Waals surface area (Å²) in [5, 5.41) is 14.0. The van der Waals surface area contributed by atoms with Crippen LogP contribution in [0.4, 0.5) is 0 Å². The molecule has 0 spiro atoms. The number of hydrogen-bond acceptors (Lipinski definition) is 6. The highest BCUT2D eigenvalue weighted by molar-refractivity contribution is 7.91. The lowest BCUT2D eigenvalue weighted by Gasteiger charge is -2.12.